The van der Waals surface area contributed by atoms with Crippen LogP contribution in [0.4, 0.5) is 0 Å². The summed E-state index contributed by atoms with van der Waals surface area (Å²) >= 11 is 0. The highest BCUT2D eigenvalue weighted by Gasteiger charge is 2.61. The van der Waals surface area contributed by atoms with E-state index in [1.807, 2.05) is 0 Å². The average molecular weight is 304 g/mol. The van der Waals surface area contributed by atoms with Gasteiger partial charge in [0.15, 0.2) is 0 Å². The number of rotatable bonds is 0. The Bertz CT molecular complexity index is 527. The predicted molar refractivity (Wildman–Crippen MR) is 83.1 cm³/mol. The number of carbonyl (C=O) groups excluding carboxylic acids is 2. The molecule has 0 saturated heterocycles. The number of hydrogen-bond donors (Lipinski definition) is 1. The Morgan fingerprint density at radius 3 is 2.64 bits per heavy atom. The Labute approximate surface area is 132 Å². The molecule has 0 spiro atoms. The quantitative estimate of drug-likeness (QED) is 0.748. The molecular weight excluding hydrogens is 276 g/mol. The minimum absolute atomic E-state index is 0.144. The molecule has 122 valence electrons. The summed E-state index contributed by atoms with van der Waals surface area (Å²) in [4.78, 5) is 24.8. The van der Waals surface area contributed by atoms with Crippen molar-refractivity contribution in [3.05, 3.63) is 0 Å². The normalized spacial score (nSPS) is 54.6. The van der Waals surface area contributed by atoms with Gasteiger partial charge < -0.3 is 5.11 Å². The van der Waals surface area contributed by atoms with Gasteiger partial charge in [-0.3, -0.25) is 9.59 Å². The Hall–Kier alpha value is -0.700. The number of hydrogen-bond acceptors (Lipinski definition) is 3. The first-order chi connectivity index (χ1) is 10.3. The summed E-state index contributed by atoms with van der Waals surface area (Å²) in [6.45, 7) is 4.64. The molecule has 0 aromatic heterocycles. The summed E-state index contributed by atoms with van der Waals surface area (Å²) in [6.07, 6.45) is 6.60. The molecule has 0 aliphatic heterocycles. The number of carbonyl (C=O) groups is 2. The van der Waals surface area contributed by atoms with Crippen molar-refractivity contribution < 1.29 is 14.7 Å². The van der Waals surface area contributed by atoms with Crippen LogP contribution in [0.5, 0.6) is 0 Å². The van der Waals surface area contributed by atoms with Crippen molar-refractivity contribution in [2.24, 2.45) is 34.5 Å². The van der Waals surface area contributed by atoms with Crippen molar-refractivity contribution in [1.29, 1.82) is 0 Å². The molecule has 0 aromatic rings. The van der Waals surface area contributed by atoms with Gasteiger partial charge in [0.1, 0.15) is 11.6 Å². The molecule has 0 amide bonds. The summed E-state index contributed by atoms with van der Waals surface area (Å²) in [5.74, 6) is 1.97. The predicted octanol–water partition coefficient (Wildman–Crippen LogP) is 3.14. The third-order valence-corrected chi connectivity index (χ3v) is 8.03. The first kappa shape index (κ1) is 14.9. The van der Waals surface area contributed by atoms with Crippen LogP contribution >= 0.6 is 0 Å². The molecule has 7 atom stereocenters. The largest absolute Gasteiger partial charge is 0.393 e. The van der Waals surface area contributed by atoms with E-state index in [1.54, 1.807) is 0 Å². The monoisotopic (exact) mass is 304 g/mol. The number of aliphatic hydroxyl groups is 1. The van der Waals surface area contributed by atoms with Gasteiger partial charge in [-0.25, -0.2) is 0 Å². The zero-order chi connectivity index (χ0) is 15.7. The summed E-state index contributed by atoms with van der Waals surface area (Å²) in [5, 5.41) is 10.2. The van der Waals surface area contributed by atoms with E-state index >= 15 is 0 Å². The van der Waals surface area contributed by atoms with Gasteiger partial charge in [-0.15, -0.1) is 0 Å². The van der Waals surface area contributed by atoms with Crippen LogP contribution in [0.1, 0.15) is 65.2 Å². The number of aliphatic hydroxyl groups excluding tert-OH is 1. The minimum atomic E-state index is -0.222. The topological polar surface area (TPSA) is 54.4 Å². The molecule has 0 bridgehead atoms. The molecule has 22 heavy (non-hydrogen) atoms. The molecule has 1 N–H and O–H groups in total. The second-order valence-corrected chi connectivity index (χ2v) is 9.14. The van der Waals surface area contributed by atoms with Gasteiger partial charge in [-0.2, -0.15) is 0 Å². The van der Waals surface area contributed by atoms with E-state index in [2.05, 4.69) is 13.8 Å². The van der Waals surface area contributed by atoms with Crippen molar-refractivity contribution in [3.8, 4) is 0 Å². The summed E-state index contributed by atoms with van der Waals surface area (Å²) in [7, 11) is 0. The van der Waals surface area contributed by atoms with Gasteiger partial charge in [0.25, 0.3) is 0 Å². The fraction of sp³-hybridized carbons (Fsp3) is 0.895. The van der Waals surface area contributed by atoms with Crippen molar-refractivity contribution in [1.82, 2.24) is 0 Å². The van der Waals surface area contributed by atoms with Crippen LogP contribution in [-0.2, 0) is 9.59 Å². The van der Waals surface area contributed by atoms with Crippen molar-refractivity contribution in [3.63, 3.8) is 0 Å². The fourth-order valence-electron chi connectivity index (χ4n) is 6.75. The lowest BCUT2D eigenvalue weighted by Gasteiger charge is -2.58. The van der Waals surface area contributed by atoms with E-state index in [4.69, 9.17) is 0 Å². The highest BCUT2D eigenvalue weighted by molar-refractivity contribution is 5.86. The van der Waals surface area contributed by atoms with Crippen LogP contribution in [0, 0.1) is 34.5 Å². The maximum absolute atomic E-state index is 12.9. The van der Waals surface area contributed by atoms with E-state index in [9.17, 15) is 14.7 Å². The van der Waals surface area contributed by atoms with Gasteiger partial charge in [-0.05, 0) is 60.7 Å². The molecule has 4 aliphatic carbocycles. The lowest BCUT2D eigenvalue weighted by Crippen LogP contribution is -2.56. The molecule has 0 unspecified atom stereocenters. The standard InChI is InChI=1S/C19H28O3/c1-18-5-4-14-17(15(18)9-13(21)10-18)16(22)8-11-7-12(20)3-6-19(11,14)2/h11,13-15,17,21H,3-10H2,1-2H3/t11-,13+,14-,15-,17+,18-,19+/m1/s1. The highest BCUT2D eigenvalue weighted by atomic mass is 16.3. The van der Waals surface area contributed by atoms with E-state index < -0.39 is 0 Å². The van der Waals surface area contributed by atoms with Gasteiger partial charge in [0.2, 0.25) is 0 Å². The van der Waals surface area contributed by atoms with Crippen LogP contribution in [-0.4, -0.2) is 22.8 Å². The minimum Gasteiger partial charge on any atom is -0.393 e. The van der Waals surface area contributed by atoms with Crippen molar-refractivity contribution in [2.45, 2.75) is 71.3 Å². The molecule has 0 aromatic carbocycles. The molecule has 3 nitrogen and oxygen atoms in total. The number of Topliss-reactive ketones (excluding diaryl/α,β-unsaturated/α-hetero) is 2. The van der Waals surface area contributed by atoms with Crippen LogP contribution in [0.15, 0.2) is 0 Å². The van der Waals surface area contributed by atoms with Gasteiger partial charge in [-0.1, -0.05) is 13.8 Å². The van der Waals surface area contributed by atoms with Gasteiger partial charge >= 0.3 is 0 Å². The van der Waals surface area contributed by atoms with Crippen molar-refractivity contribution >= 4 is 11.6 Å². The lowest BCUT2D eigenvalue weighted by molar-refractivity contribution is -0.156. The average Bonchev–Trinajstić information content (AvgIpc) is 2.75. The van der Waals surface area contributed by atoms with Crippen molar-refractivity contribution in [2.75, 3.05) is 0 Å². The Morgan fingerprint density at radius 1 is 1.09 bits per heavy atom. The lowest BCUT2D eigenvalue weighted by atomic mass is 9.45. The molecule has 4 fully saturated rings. The third-order valence-electron chi connectivity index (χ3n) is 8.03. The van der Waals surface area contributed by atoms with Crippen LogP contribution in [0.2, 0.25) is 0 Å². The summed E-state index contributed by atoms with van der Waals surface area (Å²) in [6, 6.07) is 0. The first-order valence-electron chi connectivity index (χ1n) is 9.06. The SMILES string of the molecule is C[C@]12CC[C@@H]3[C@H](C(=O)C[C@H]4CC(=O)CC[C@@]43C)[C@H]1C[C@H](O)C2. The zero-order valence-electron chi connectivity index (χ0n) is 13.8. The molecule has 3 heteroatoms. The zero-order valence-corrected chi connectivity index (χ0v) is 13.8. The third kappa shape index (κ3) is 1.90. The summed E-state index contributed by atoms with van der Waals surface area (Å²) in [5.41, 5.74) is 0.325. The molecule has 4 rings (SSSR count). The second kappa shape index (κ2) is 4.66. The van der Waals surface area contributed by atoms with E-state index in [1.165, 1.54) is 0 Å². The Morgan fingerprint density at radius 2 is 1.86 bits per heavy atom. The highest BCUT2D eigenvalue weighted by Crippen LogP contribution is 2.65. The summed E-state index contributed by atoms with van der Waals surface area (Å²) < 4.78 is 0. The molecule has 4 saturated carbocycles. The second-order valence-electron chi connectivity index (χ2n) is 9.14. The van der Waals surface area contributed by atoms with E-state index in [-0.39, 0.29) is 28.8 Å². The maximum atomic E-state index is 12.9. The van der Waals surface area contributed by atoms with Gasteiger partial charge in [0, 0.05) is 25.2 Å². The van der Waals surface area contributed by atoms with E-state index in [0.29, 0.717) is 42.7 Å². The van der Waals surface area contributed by atoms with Gasteiger partial charge in [0.05, 0.1) is 6.10 Å². The molecule has 0 radical (unpaired) electrons. The van der Waals surface area contributed by atoms with E-state index in [0.717, 1.165) is 32.1 Å². The Balaban J connectivity index is 1.70. The Kier molecular flexibility index (Phi) is 3.15. The maximum Gasteiger partial charge on any atom is 0.136 e. The smallest absolute Gasteiger partial charge is 0.136 e. The van der Waals surface area contributed by atoms with Crippen LogP contribution < -0.4 is 0 Å². The number of fused-ring (bicyclic) bond motifs is 5. The molecule has 0 heterocycles. The molecular formula is C19H28O3. The number of ketones is 2. The first-order valence-corrected chi connectivity index (χ1v) is 9.06. The fourth-order valence-corrected chi connectivity index (χ4v) is 6.75. The van der Waals surface area contributed by atoms with Crippen LogP contribution in [0.25, 0.3) is 0 Å². The van der Waals surface area contributed by atoms with Crippen LogP contribution in [0.3, 0.4) is 0 Å². The molecule has 4 aliphatic rings.